The Kier molecular flexibility index (Phi) is 6.18. The Morgan fingerprint density at radius 1 is 1.08 bits per heavy atom. The minimum Gasteiger partial charge on any atom is -0.339 e. The first-order valence-electron chi connectivity index (χ1n) is 9.50. The summed E-state index contributed by atoms with van der Waals surface area (Å²) in [6, 6.07) is 0.190. The average Bonchev–Trinajstić information content (AvgIpc) is 2.82. The molecule has 0 bridgehead atoms. The maximum absolute atomic E-state index is 12.7. The van der Waals surface area contributed by atoms with E-state index < -0.39 is 10.0 Å². The Balaban J connectivity index is 1.58. The predicted octanol–water partition coefficient (Wildman–Crippen LogP) is 1.55. The van der Waals surface area contributed by atoms with E-state index in [0.717, 1.165) is 12.8 Å². The number of rotatable bonds is 3. The van der Waals surface area contributed by atoms with Crippen molar-refractivity contribution in [2.75, 3.05) is 26.2 Å². The van der Waals surface area contributed by atoms with Crippen LogP contribution in [0.3, 0.4) is 0 Å². The Morgan fingerprint density at radius 2 is 1.81 bits per heavy atom. The second kappa shape index (κ2) is 8.39. The molecule has 9 heteroatoms. The van der Waals surface area contributed by atoms with Crippen LogP contribution in [0.15, 0.2) is 17.6 Å². The van der Waals surface area contributed by atoms with E-state index in [4.69, 9.17) is 0 Å². The normalized spacial score (nSPS) is 21.2. The van der Waals surface area contributed by atoms with Crippen molar-refractivity contribution in [3.05, 3.63) is 12.5 Å². The molecule has 26 heavy (non-hydrogen) atoms. The molecule has 1 aliphatic heterocycles. The van der Waals surface area contributed by atoms with Gasteiger partial charge < -0.3 is 14.8 Å². The lowest BCUT2D eigenvalue weighted by atomic mass is 10.1. The molecule has 0 aromatic carbocycles. The molecule has 1 aliphatic carbocycles. The topological polar surface area (TPSA) is 87.5 Å². The molecule has 2 heterocycles. The number of amides is 2. The fraction of sp³-hybridized carbons (Fsp3) is 0.765. The largest absolute Gasteiger partial charge is 0.339 e. The Morgan fingerprint density at radius 3 is 2.46 bits per heavy atom. The highest BCUT2D eigenvalue weighted by molar-refractivity contribution is 7.89. The van der Waals surface area contributed by atoms with Gasteiger partial charge in [0.15, 0.2) is 5.03 Å². The van der Waals surface area contributed by atoms with E-state index in [0.29, 0.717) is 32.6 Å². The first-order valence-corrected chi connectivity index (χ1v) is 10.9. The van der Waals surface area contributed by atoms with Gasteiger partial charge in [0.05, 0.1) is 6.33 Å². The van der Waals surface area contributed by atoms with Crippen LogP contribution in [-0.4, -0.2) is 65.4 Å². The smallest absolute Gasteiger partial charge is 0.317 e. The summed E-state index contributed by atoms with van der Waals surface area (Å²) in [5.74, 6) is 0. The number of hydrogen-bond acceptors (Lipinski definition) is 4. The summed E-state index contributed by atoms with van der Waals surface area (Å²) < 4.78 is 28.5. The van der Waals surface area contributed by atoms with Crippen LogP contribution in [0.25, 0.3) is 0 Å². The molecule has 1 aromatic heterocycles. The van der Waals surface area contributed by atoms with Crippen LogP contribution in [-0.2, 0) is 17.1 Å². The molecular formula is C17H29N5O3S. The van der Waals surface area contributed by atoms with E-state index in [1.807, 2.05) is 0 Å². The summed E-state index contributed by atoms with van der Waals surface area (Å²) in [4.78, 5) is 18.3. The minimum atomic E-state index is -3.60. The summed E-state index contributed by atoms with van der Waals surface area (Å²) in [6.07, 6.45) is 10.5. The molecule has 1 saturated heterocycles. The minimum absolute atomic E-state index is 0.0611. The van der Waals surface area contributed by atoms with Crippen molar-refractivity contribution in [2.45, 2.75) is 56.0 Å². The third-order valence-corrected chi connectivity index (χ3v) is 6.99. The number of nitrogens with one attached hydrogen (secondary N) is 1. The summed E-state index contributed by atoms with van der Waals surface area (Å²) in [5.41, 5.74) is 0. The molecule has 146 valence electrons. The van der Waals surface area contributed by atoms with Gasteiger partial charge in [-0.25, -0.2) is 18.2 Å². The van der Waals surface area contributed by atoms with E-state index in [1.54, 1.807) is 16.5 Å². The lowest BCUT2D eigenvalue weighted by molar-refractivity contribution is 0.195. The molecule has 1 N–H and O–H groups in total. The number of imidazole rings is 1. The molecule has 0 atom stereocenters. The molecule has 2 amide bonds. The van der Waals surface area contributed by atoms with Gasteiger partial charge in [-0.2, -0.15) is 4.31 Å². The number of urea groups is 1. The van der Waals surface area contributed by atoms with Crippen molar-refractivity contribution >= 4 is 16.1 Å². The standard InChI is InChI=1S/C17H29N5O3S/c1-20-13-16(18-14-20)26(24,25)22-10-6-9-21(11-12-22)17(23)19-15-7-4-2-3-5-8-15/h13-15H,2-12H2,1H3,(H,19,23). The third kappa shape index (κ3) is 4.56. The zero-order valence-electron chi connectivity index (χ0n) is 15.4. The average molecular weight is 384 g/mol. The third-order valence-electron chi connectivity index (χ3n) is 5.21. The number of carbonyl (C=O) groups is 1. The number of sulfonamides is 1. The second-order valence-electron chi connectivity index (χ2n) is 7.26. The molecule has 2 aliphatic rings. The second-order valence-corrected chi connectivity index (χ2v) is 9.14. The quantitative estimate of drug-likeness (QED) is 0.802. The van der Waals surface area contributed by atoms with Crippen LogP contribution in [0.2, 0.25) is 0 Å². The highest BCUT2D eigenvalue weighted by Gasteiger charge is 2.30. The molecule has 0 unspecified atom stereocenters. The highest BCUT2D eigenvalue weighted by Crippen LogP contribution is 2.18. The van der Waals surface area contributed by atoms with Crippen molar-refractivity contribution < 1.29 is 13.2 Å². The fourth-order valence-corrected chi connectivity index (χ4v) is 5.12. The van der Waals surface area contributed by atoms with E-state index >= 15 is 0 Å². The molecule has 1 saturated carbocycles. The van der Waals surface area contributed by atoms with Gasteiger partial charge in [0, 0.05) is 45.5 Å². The van der Waals surface area contributed by atoms with E-state index in [9.17, 15) is 13.2 Å². The fourth-order valence-electron chi connectivity index (χ4n) is 3.68. The zero-order valence-corrected chi connectivity index (χ0v) is 16.2. The number of hydrogen-bond donors (Lipinski definition) is 1. The predicted molar refractivity (Wildman–Crippen MR) is 98.2 cm³/mol. The van der Waals surface area contributed by atoms with Gasteiger partial charge in [0.25, 0.3) is 10.0 Å². The number of carbonyl (C=O) groups excluding carboxylic acids is 1. The van der Waals surface area contributed by atoms with Crippen LogP contribution >= 0.6 is 0 Å². The highest BCUT2D eigenvalue weighted by atomic mass is 32.2. The Hall–Kier alpha value is -1.61. The van der Waals surface area contributed by atoms with E-state index in [1.165, 1.54) is 42.5 Å². The maximum Gasteiger partial charge on any atom is 0.317 e. The van der Waals surface area contributed by atoms with Gasteiger partial charge >= 0.3 is 6.03 Å². The van der Waals surface area contributed by atoms with Crippen molar-refractivity contribution in [3.63, 3.8) is 0 Å². The molecule has 1 aromatic rings. The van der Waals surface area contributed by atoms with Gasteiger partial charge in [-0.05, 0) is 19.3 Å². The van der Waals surface area contributed by atoms with Gasteiger partial charge in [0.1, 0.15) is 0 Å². The van der Waals surface area contributed by atoms with Crippen LogP contribution < -0.4 is 5.32 Å². The van der Waals surface area contributed by atoms with Gasteiger partial charge in [-0.3, -0.25) is 0 Å². The monoisotopic (exact) mass is 383 g/mol. The summed E-state index contributed by atoms with van der Waals surface area (Å²) in [7, 11) is -1.86. The molecule has 0 radical (unpaired) electrons. The maximum atomic E-state index is 12.7. The van der Waals surface area contributed by atoms with Crippen molar-refractivity contribution in [2.24, 2.45) is 7.05 Å². The summed E-state index contributed by atoms with van der Waals surface area (Å²) >= 11 is 0. The molecule has 0 spiro atoms. The number of aromatic nitrogens is 2. The van der Waals surface area contributed by atoms with Crippen molar-refractivity contribution in [1.82, 2.24) is 24.1 Å². The number of nitrogens with zero attached hydrogens (tertiary/aromatic N) is 4. The molecule has 8 nitrogen and oxygen atoms in total. The first-order chi connectivity index (χ1) is 12.5. The Labute approximate surface area is 155 Å². The zero-order chi connectivity index (χ0) is 18.6. The van der Waals surface area contributed by atoms with E-state index in [-0.39, 0.29) is 17.1 Å². The van der Waals surface area contributed by atoms with Crippen LogP contribution in [0.4, 0.5) is 4.79 Å². The number of aryl methyl sites for hydroxylation is 1. The van der Waals surface area contributed by atoms with Crippen molar-refractivity contribution in [1.29, 1.82) is 0 Å². The lowest BCUT2D eigenvalue weighted by Gasteiger charge is -2.25. The van der Waals surface area contributed by atoms with Gasteiger partial charge in [0.2, 0.25) is 0 Å². The molecular weight excluding hydrogens is 354 g/mol. The molecule has 3 rings (SSSR count). The SMILES string of the molecule is Cn1cnc(S(=O)(=O)N2CCCN(C(=O)NC3CCCCCC3)CC2)c1. The summed E-state index contributed by atoms with van der Waals surface area (Å²) in [6.45, 7) is 1.69. The Bertz CT molecular complexity index is 710. The van der Waals surface area contributed by atoms with Crippen LogP contribution in [0, 0.1) is 0 Å². The van der Waals surface area contributed by atoms with Crippen LogP contribution in [0.5, 0.6) is 0 Å². The molecule has 2 fully saturated rings. The van der Waals surface area contributed by atoms with Crippen LogP contribution in [0.1, 0.15) is 44.9 Å². The van der Waals surface area contributed by atoms with Gasteiger partial charge in [-0.15, -0.1) is 0 Å². The van der Waals surface area contributed by atoms with Crippen molar-refractivity contribution in [3.8, 4) is 0 Å². The lowest BCUT2D eigenvalue weighted by Crippen LogP contribution is -2.46. The van der Waals surface area contributed by atoms with Gasteiger partial charge in [-0.1, -0.05) is 25.7 Å². The van der Waals surface area contributed by atoms with E-state index in [2.05, 4.69) is 10.3 Å². The first kappa shape index (κ1) is 19.2. The summed E-state index contributed by atoms with van der Waals surface area (Å²) in [5, 5.41) is 3.21.